The van der Waals surface area contributed by atoms with Crippen molar-refractivity contribution < 1.29 is 23.8 Å². The molecule has 0 atom stereocenters. The zero-order valence-corrected chi connectivity index (χ0v) is 14.9. The van der Waals surface area contributed by atoms with Gasteiger partial charge in [0.1, 0.15) is 5.82 Å². The van der Waals surface area contributed by atoms with Crippen LogP contribution in [0.3, 0.4) is 0 Å². The third-order valence-corrected chi connectivity index (χ3v) is 3.50. The van der Waals surface area contributed by atoms with Gasteiger partial charge in [0, 0.05) is 24.7 Å². The monoisotopic (exact) mass is 359 g/mol. The molecule has 0 saturated carbocycles. The number of anilines is 1. The number of amides is 2. The number of hydrogen-bond donors (Lipinski definition) is 2. The van der Waals surface area contributed by atoms with E-state index in [9.17, 15) is 9.59 Å². The maximum Gasteiger partial charge on any atom is 0.251 e. The number of benzene rings is 1. The molecule has 0 unspecified atom stereocenters. The van der Waals surface area contributed by atoms with E-state index in [0.717, 1.165) is 0 Å². The normalized spacial score (nSPS) is 9.96. The van der Waals surface area contributed by atoms with Crippen molar-refractivity contribution in [1.29, 1.82) is 0 Å². The van der Waals surface area contributed by atoms with Crippen LogP contribution >= 0.6 is 0 Å². The van der Waals surface area contributed by atoms with Gasteiger partial charge in [-0.05, 0) is 24.3 Å². The van der Waals surface area contributed by atoms with Crippen molar-refractivity contribution in [2.24, 2.45) is 0 Å². The van der Waals surface area contributed by atoms with Crippen molar-refractivity contribution >= 4 is 17.6 Å². The number of pyridine rings is 1. The quantitative estimate of drug-likeness (QED) is 0.746. The summed E-state index contributed by atoms with van der Waals surface area (Å²) in [6, 6.07) is 8.31. The Morgan fingerprint density at radius 2 is 1.73 bits per heavy atom. The first-order chi connectivity index (χ1) is 12.6. The highest BCUT2D eigenvalue weighted by Gasteiger charge is 2.17. The van der Waals surface area contributed by atoms with E-state index in [1.54, 1.807) is 36.5 Å². The van der Waals surface area contributed by atoms with Gasteiger partial charge in [-0.25, -0.2) is 4.98 Å². The lowest BCUT2D eigenvalue weighted by molar-refractivity contribution is -0.116. The molecule has 0 bridgehead atoms. The van der Waals surface area contributed by atoms with Crippen molar-refractivity contribution in [3.8, 4) is 17.2 Å². The SMILES string of the molecule is COc1cc(C(=O)NCCC(=O)Nc2ccccn2)cc(OC)c1OC. The number of nitrogens with zero attached hydrogens (tertiary/aromatic N) is 1. The minimum atomic E-state index is -0.352. The molecule has 0 aliphatic heterocycles. The molecule has 2 amide bonds. The van der Waals surface area contributed by atoms with Gasteiger partial charge in [-0.1, -0.05) is 6.07 Å². The van der Waals surface area contributed by atoms with Gasteiger partial charge in [0.25, 0.3) is 5.91 Å². The van der Waals surface area contributed by atoms with E-state index < -0.39 is 0 Å². The summed E-state index contributed by atoms with van der Waals surface area (Å²) in [6.07, 6.45) is 1.70. The molecule has 8 nitrogen and oxygen atoms in total. The first kappa shape index (κ1) is 19.0. The summed E-state index contributed by atoms with van der Waals surface area (Å²) >= 11 is 0. The summed E-state index contributed by atoms with van der Waals surface area (Å²) < 4.78 is 15.7. The summed E-state index contributed by atoms with van der Waals surface area (Å²) in [4.78, 5) is 28.2. The highest BCUT2D eigenvalue weighted by atomic mass is 16.5. The number of hydrogen-bond acceptors (Lipinski definition) is 6. The Morgan fingerprint density at radius 3 is 2.27 bits per heavy atom. The second-order valence-electron chi connectivity index (χ2n) is 5.18. The lowest BCUT2D eigenvalue weighted by Crippen LogP contribution is -2.27. The predicted molar refractivity (Wildman–Crippen MR) is 95.9 cm³/mol. The Kier molecular flexibility index (Phi) is 6.78. The summed E-state index contributed by atoms with van der Waals surface area (Å²) in [5.41, 5.74) is 0.338. The van der Waals surface area contributed by atoms with Crippen molar-refractivity contribution in [1.82, 2.24) is 10.3 Å². The van der Waals surface area contributed by atoms with Gasteiger partial charge in [-0.2, -0.15) is 0 Å². The molecule has 8 heteroatoms. The fourth-order valence-electron chi connectivity index (χ4n) is 2.25. The maximum atomic E-state index is 12.3. The molecule has 0 spiro atoms. The largest absolute Gasteiger partial charge is 0.493 e. The number of ether oxygens (including phenoxy) is 3. The highest BCUT2D eigenvalue weighted by molar-refractivity contribution is 5.96. The molecule has 1 aromatic heterocycles. The van der Waals surface area contributed by atoms with Gasteiger partial charge >= 0.3 is 0 Å². The average Bonchev–Trinajstić information content (AvgIpc) is 2.67. The number of nitrogens with one attached hydrogen (secondary N) is 2. The van der Waals surface area contributed by atoms with Crippen LogP contribution in [0, 0.1) is 0 Å². The molecule has 0 aliphatic rings. The Bertz CT molecular complexity index is 740. The zero-order valence-electron chi connectivity index (χ0n) is 14.9. The van der Waals surface area contributed by atoms with Gasteiger partial charge in [-0.3, -0.25) is 9.59 Å². The third-order valence-electron chi connectivity index (χ3n) is 3.50. The van der Waals surface area contributed by atoms with Crippen LogP contribution in [0.2, 0.25) is 0 Å². The van der Waals surface area contributed by atoms with Crippen LogP contribution in [0.25, 0.3) is 0 Å². The van der Waals surface area contributed by atoms with Crippen molar-refractivity contribution in [2.75, 3.05) is 33.2 Å². The summed E-state index contributed by atoms with van der Waals surface area (Å²) in [5.74, 6) is 1.04. The molecule has 2 N–H and O–H groups in total. The fourth-order valence-corrected chi connectivity index (χ4v) is 2.25. The van der Waals surface area contributed by atoms with E-state index in [0.29, 0.717) is 28.6 Å². The minimum Gasteiger partial charge on any atom is -0.493 e. The lowest BCUT2D eigenvalue weighted by Gasteiger charge is -2.14. The van der Waals surface area contributed by atoms with Crippen LogP contribution < -0.4 is 24.8 Å². The number of methoxy groups -OCH3 is 3. The Balaban J connectivity index is 1.94. The second kappa shape index (κ2) is 9.26. The van der Waals surface area contributed by atoms with E-state index in [4.69, 9.17) is 14.2 Å². The average molecular weight is 359 g/mol. The van der Waals surface area contributed by atoms with E-state index in [-0.39, 0.29) is 24.8 Å². The van der Waals surface area contributed by atoms with E-state index in [1.807, 2.05) is 0 Å². The second-order valence-corrected chi connectivity index (χ2v) is 5.18. The maximum absolute atomic E-state index is 12.3. The van der Waals surface area contributed by atoms with E-state index >= 15 is 0 Å². The summed E-state index contributed by atoms with van der Waals surface area (Å²) in [6.45, 7) is 0.175. The van der Waals surface area contributed by atoms with Crippen molar-refractivity contribution in [2.45, 2.75) is 6.42 Å². The van der Waals surface area contributed by atoms with Gasteiger partial charge in [0.15, 0.2) is 11.5 Å². The zero-order chi connectivity index (χ0) is 18.9. The Hall–Kier alpha value is -3.29. The van der Waals surface area contributed by atoms with E-state index in [1.165, 1.54) is 21.3 Å². The first-order valence-electron chi connectivity index (χ1n) is 7.88. The minimum absolute atomic E-state index is 0.118. The van der Waals surface area contributed by atoms with Crippen LogP contribution in [0.5, 0.6) is 17.2 Å². The highest BCUT2D eigenvalue weighted by Crippen LogP contribution is 2.38. The first-order valence-corrected chi connectivity index (χ1v) is 7.88. The lowest BCUT2D eigenvalue weighted by atomic mass is 10.1. The Labute approximate surface area is 151 Å². The fraction of sp³-hybridized carbons (Fsp3) is 0.278. The standard InChI is InChI=1S/C18H21N3O5/c1-24-13-10-12(11-14(25-2)17(13)26-3)18(23)20-9-7-16(22)21-15-6-4-5-8-19-15/h4-6,8,10-11H,7,9H2,1-3H3,(H,20,23)(H,19,21,22). The summed E-state index contributed by atoms with van der Waals surface area (Å²) in [7, 11) is 4.43. The molecular formula is C18H21N3O5. The smallest absolute Gasteiger partial charge is 0.251 e. The van der Waals surface area contributed by atoms with Gasteiger partial charge in [0.05, 0.1) is 21.3 Å². The van der Waals surface area contributed by atoms with Crippen molar-refractivity contribution in [3.05, 3.63) is 42.1 Å². The van der Waals surface area contributed by atoms with Crippen LogP contribution in [0.15, 0.2) is 36.5 Å². The molecule has 0 saturated heterocycles. The number of carbonyl (C=O) groups is 2. The molecule has 2 aromatic rings. The molecule has 0 radical (unpaired) electrons. The predicted octanol–water partition coefficient (Wildman–Crippen LogP) is 1.87. The number of rotatable bonds is 8. The molecule has 26 heavy (non-hydrogen) atoms. The van der Waals surface area contributed by atoms with Crippen LogP contribution in [-0.4, -0.2) is 44.7 Å². The van der Waals surface area contributed by atoms with Gasteiger partial charge in [-0.15, -0.1) is 0 Å². The third kappa shape index (κ3) is 4.85. The van der Waals surface area contributed by atoms with Crippen molar-refractivity contribution in [3.63, 3.8) is 0 Å². The van der Waals surface area contributed by atoms with E-state index in [2.05, 4.69) is 15.6 Å². The molecule has 0 aliphatic carbocycles. The number of carbonyl (C=O) groups excluding carboxylic acids is 2. The van der Waals surface area contributed by atoms with Crippen LogP contribution in [0.1, 0.15) is 16.8 Å². The van der Waals surface area contributed by atoms with Gasteiger partial charge in [0.2, 0.25) is 11.7 Å². The van der Waals surface area contributed by atoms with Crippen LogP contribution in [-0.2, 0) is 4.79 Å². The number of aromatic nitrogens is 1. The summed E-state index contributed by atoms with van der Waals surface area (Å²) in [5, 5.41) is 5.33. The Morgan fingerprint density at radius 1 is 1.04 bits per heavy atom. The molecular weight excluding hydrogens is 338 g/mol. The topological polar surface area (TPSA) is 98.8 Å². The molecule has 2 rings (SSSR count). The molecule has 0 fully saturated rings. The molecule has 1 aromatic carbocycles. The van der Waals surface area contributed by atoms with Crippen LogP contribution in [0.4, 0.5) is 5.82 Å². The molecule has 138 valence electrons. The molecule has 1 heterocycles. The van der Waals surface area contributed by atoms with Gasteiger partial charge < -0.3 is 24.8 Å².